The third-order valence-corrected chi connectivity index (χ3v) is 4.55. The Kier molecular flexibility index (Phi) is 5.83. The summed E-state index contributed by atoms with van der Waals surface area (Å²) < 4.78 is 5.28. The Labute approximate surface area is 136 Å². The van der Waals surface area contributed by atoms with Gasteiger partial charge in [0.2, 0.25) is 0 Å². The highest BCUT2D eigenvalue weighted by Crippen LogP contribution is 2.18. The second-order valence-electron chi connectivity index (χ2n) is 5.11. The number of aliphatic imine (C=N–C) groups is 1. The minimum absolute atomic E-state index is 0.730. The molecule has 2 aromatic rings. The molecule has 0 saturated heterocycles. The molecular formula is C17H23N3OS. The van der Waals surface area contributed by atoms with Crippen LogP contribution >= 0.6 is 11.3 Å². The number of ether oxygens (including phenoxy) is 1. The Hall–Kier alpha value is -2.01. The van der Waals surface area contributed by atoms with E-state index in [-0.39, 0.29) is 0 Å². The first-order chi connectivity index (χ1) is 10.6. The highest BCUT2D eigenvalue weighted by Gasteiger charge is 2.04. The van der Waals surface area contributed by atoms with E-state index in [0.717, 1.165) is 30.4 Å². The van der Waals surface area contributed by atoms with E-state index in [0.29, 0.717) is 0 Å². The first-order valence-electron chi connectivity index (χ1n) is 7.25. The molecular weight excluding hydrogens is 294 g/mol. The maximum atomic E-state index is 5.28. The van der Waals surface area contributed by atoms with E-state index in [2.05, 4.69) is 53.1 Å². The maximum absolute atomic E-state index is 5.28. The largest absolute Gasteiger partial charge is 0.496 e. The standard InChI is InChI=1S/C17H23N3OS/c1-12-7-8-22-16(12)11-20-17(18-3)19-10-14-5-6-15(21-4)13(2)9-14/h5-9H,10-11H2,1-4H3,(H2,18,19,20). The van der Waals surface area contributed by atoms with E-state index in [1.807, 2.05) is 6.07 Å². The summed E-state index contributed by atoms with van der Waals surface area (Å²) in [5, 5.41) is 8.79. The van der Waals surface area contributed by atoms with Crippen molar-refractivity contribution < 1.29 is 4.74 Å². The molecule has 0 spiro atoms. The van der Waals surface area contributed by atoms with Crippen molar-refractivity contribution >= 4 is 17.3 Å². The molecule has 1 aromatic carbocycles. The lowest BCUT2D eigenvalue weighted by atomic mass is 10.1. The van der Waals surface area contributed by atoms with Crippen molar-refractivity contribution in [2.75, 3.05) is 14.2 Å². The lowest BCUT2D eigenvalue weighted by molar-refractivity contribution is 0.411. The van der Waals surface area contributed by atoms with Crippen LogP contribution in [0.5, 0.6) is 5.75 Å². The lowest BCUT2D eigenvalue weighted by Crippen LogP contribution is -2.36. The molecule has 0 aliphatic carbocycles. The number of rotatable bonds is 5. The number of thiophene rings is 1. The van der Waals surface area contributed by atoms with Gasteiger partial charge in [-0.05, 0) is 48.1 Å². The first-order valence-corrected chi connectivity index (χ1v) is 8.13. The van der Waals surface area contributed by atoms with Crippen molar-refractivity contribution in [2.45, 2.75) is 26.9 Å². The highest BCUT2D eigenvalue weighted by molar-refractivity contribution is 7.10. The fraction of sp³-hybridized carbons (Fsp3) is 0.353. The normalized spacial score (nSPS) is 11.4. The molecule has 2 N–H and O–H groups in total. The zero-order valence-electron chi connectivity index (χ0n) is 13.6. The van der Waals surface area contributed by atoms with Gasteiger partial charge in [-0.15, -0.1) is 11.3 Å². The van der Waals surface area contributed by atoms with E-state index >= 15 is 0 Å². The second kappa shape index (κ2) is 7.84. The fourth-order valence-corrected chi connectivity index (χ4v) is 3.05. The van der Waals surface area contributed by atoms with Crippen LogP contribution in [0, 0.1) is 13.8 Å². The van der Waals surface area contributed by atoms with Gasteiger partial charge in [-0.3, -0.25) is 4.99 Å². The molecule has 0 bridgehead atoms. The summed E-state index contributed by atoms with van der Waals surface area (Å²) in [4.78, 5) is 5.60. The smallest absolute Gasteiger partial charge is 0.191 e. The van der Waals surface area contributed by atoms with Crippen LogP contribution in [0.1, 0.15) is 21.6 Å². The predicted octanol–water partition coefficient (Wildman–Crippen LogP) is 3.24. The molecule has 5 heteroatoms. The summed E-state index contributed by atoms with van der Waals surface area (Å²) in [7, 11) is 3.48. The Bertz CT molecular complexity index is 649. The third kappa shape index (κ3) is 4.24. The molecule has 22 heavy (non-hydrogen) atoms. The van der Waals surface area contributed by atoms with Gasteiger partial charge in [0.15, 0.2) is 5.96 Å². The number of nitrogens with one attached hydrogen (secondary N) is 2. The van der Waals surface area contributed by atoms with Gasteiger partial charge in [0.1, 0.15) is 5.75 Å². The van der Waals surface area contributed by atoms with E-state index in [4.69, 9.17) is 4.74 Å². The van der Waals surface area contributed by atoms with E-state index in [9.17, 15) is 0 Å². The molecule has 0 aliphatic rings. The van der Waals surface area contributed by atoms with Gasteiger partial charge in [0.05, 0.1) is 13.7 Å². The van der Waals surface area contributed by atoms with Gasteiger partial charge in [-0.2, -0.15) is 0 Å². The molecule has 0 aliphatic heterocycles. The van der Waals surface area contributed by atoms with Crippen LogP contribution in [0.2, 0.25) is 0 Å². The van der Waals surface area contributed by atoms with Gasteiger partial charge < -0.3 is 15.4 Å². The Morgan fingerprint density at radius 2 is 1.91 bits per heavy atom. The van der Waals surface area contributed by atoms with Crippen molar-refractivity contribution in [3.63, 3.8) is 0 Å². The van der Waals surface area contributed by atoms with Crippen LogP contribution in [0.15, 0.2) is 34.6 Å². The van der Waals surface area contributed by atoms with Gasteiger partial charge >= 0.3 is 0 Å². The van der Waals surface area contributed by atoms with Crippen molar-refractivity contribution in [1.82, 2.24) is 10.6 Å². The van der Waals surface area contributed by atoms with E-state index < -0.39 is 0 Å². The fourth-order valence-electron chi connectivity index (χ4n) is 2.21. The molecule has 1 heterocycles. The van der Waals surface area contributed by atoms with Crippen LogP contribution in [-0.4, -0.2) is 20.1 Å². The summed E-state index contributed by atoms with van der Waals surface area (Å²) in [5.41, 5.74) is 3.66. The number of guanidine groups is 1. The molecule has 0 saturated carbocycles. The van der Waals surface area contributed by atoms with Gasteiger partial charge in [-0.1, -0.05) is 12.1 Å². The molecule has 2 rings (SSSR count). The molecule has 0 fully saturated rings. The van der Waals surface area contributed by atoms with Crippen molar-refractivity contribution in [1.29, 1.82) is 0 Å². The average Bonchev–Trinajstić information content (AvgIpc) is 2.93. The topological polar surface area (TPSA) is 45.7 Å². The number of nitrogens with zero attached hydrogens (tertiary/aromatic N) is 1. The predicted molar refractivity (Wildman–Crippen MR) is 93.8 cm³/mol. The Balaban J connectivity index is 1.88. The molecule has 0 radical (unpaired) electrons. The minimum atomic E-state index is 0.730. The third-order valence-electron chi connectivity index (χ3n) is 3.53. The van der Waals surface area contributed by atoms with Crippen LogP contribution in [0.25, 0.3) is 0 Å². The summed E-state index contributed by atoms with van der Waals surface area (Å²) in [5.74, 6) is 1.72. The molecule has 4 nitrogen and oxygen atoms in total. The lowest BCUT2D eigenvalue weighted by Gasteiger charge is -2.13. The van der Waals surface area contributed by atoms with Crippen LogP contribution in [-0.2, 0) is 13.1 Å². The van der Waals surface area contributed by atoms with Crippen molar-refractivity contribution in [3.8, 4) is 5.75 Å². The Morgan fingerprint density at radius 1 is 1.14 bits per heavy atom. The number of benzene rings is 1. The van der Waals surface area contributed by atoms with Crippen molar-refractivity contribution in [3.05, 3.63) is 51.2 Å². The average molecular weight is 317 g/mol. The highest BCUT2D eigenvalue weighted by atomic mass is 32.1. The van der Waals surface area contributed by atoms with Gasteiger partial charge in [0, 0.05) is 18.5 Å². The maximum Gasteiger partial charge on any atom is 0.191 e. The monoisotopic (exact) mass is 317 g/mol. The molecule has 1 aromatic heterocycles. The van der Waals surface area contributed by atoms with Crippen molar-refractivity contribution in [2.24, 2.45) is 4.99 Å². The summed E-state index contributed by atoms with van der Waals surface area (Å²) in [6, 6.07) is 8.33. The van der Waals surface area contributed by atoms with Gasteiger partial charge in [0.25, 0.3) is 0 Å². The number of hydrogen-bond acceptors (Lipinski definition) is 3. The number of methoxy groups -OCH3 is 1. The van der Waals surface area contributed by atoms with Crippen LogP contribution in [0.3, 0.4) is 0 Å². The first kappa shape index (κ1) is 16.4. The van der Waals surface area contributed by atoms with E-state index in [1.165, 1.54) is 16.0 Å². The summed E-state index contributed by atoms with van der Waals surface area (Å²) >= 11 is 1.76. The minimum Gasteiger partial charge on any atom is -0.496 e. The van der Waals surface area contributed by atoms with Gasteiger partial charge in [-0.25, -0.2) is 0 Å². The zero-order chi connectivity index (χ0) is 15.9. The number of hydrogen-bond donors (Lipinski definition) is 2. The van der Waals surface area contributed by atoms with Crippen LogP contribution in [0.4, 0.5) is 0 Å². The Morgan fingerprint density at radius 3 is 2.50 bits per heavy atom. The molecule has 0 atom stereocenters. The van der Waals surface area contributed by atoms with Crippen LogP contribution < -0.4 is 15.4 Å². The summed E-state index contributed by atoms with van der Waals surface area (Å²) in [6.45, 7) is 5.71. The second-order valence-corrected chi connectivity index (χ2v) is 6.11. The molecule has 0 unspecified atom stereocenters. The molecule has 0 amide bonds. The number of aryl methyl sites for hydroxylation is 2. The SMILES string of the molecule is CN=C(NCc1ccc(OC)c(C)c1)NCc1sccc1C. The quantitative estimate of drug-likeness (QED) is 0.657. The summed E-state index contributed by atoms with van der Waals surface area (Å²) in [6.07, 6.45) is 0. The zero-order valence-corrected chi connectivity index (χ0v) is 14.4. The molecule has 118 valence electrons. The van der Waals surface area contributed by atoms with E-state index in [1.54, 1.807) is 25.5 Å².